The van der Waals surface area contributed by atoms with Crippen LogP contribution >= 0.6 is 0 Å². The highest BCUT2D eigenvalue weighted by Crippen LogP contribution is 2.32. The van der Waals surface area contributed by atoms with Crippen LogP contribution in [0.2, 0.25) is 0 Å². The molecule has 0 saturated carbocycles. The number of carbonyl (C=O) groups is 1. The highest BCUT2D eigenvalue weighted by atomic mass is 16.5. The number of hydrogen-bond donors (Lipinski definition) is 0. The van der Waals surface area contributed by atoms with Crippen molar-refractivity contribution in [2.45, 2.75) is 0 Å². The number of aromatic nitrogens is 3. The minimum Gasteiger partial charge on any atom is -0.497 e. The van der Waals surface area contributed by atoms with Crippen molar-refractivity contribution in [2.24, 2.45) is 5.10 Å². The van der Waals surface area contributed by atoms with Crippen molar-refractivity contribution in [3.8, 4) is 39.8 Å². The van der Waals surface area contributed by atoms with Gasteiger partial charge in [-0.1, -0.05) is 18.2 Å². The summed E-state index contributed by atoms with van der Waals surface area (Å²) < 4.78 is 16.0. The molecule has 0 atom stereocenters. The number of carbonyl (C=O) groups excluding carboxylic acids is 1. The molecule has 5 rings (SSSR count). The number of ether oxygens (including phenoxy) is 3. The van der Waals surface area contributed by atoms with Gasteiger partial charge in [0.2, 0.25) is 0 Å². The van der Waals surface area contributed by atoms with Crippen molar-refractivity contribution in [3.05, 3.63) is 114 Å². The predicted molar refractivity (Wildman–Crippen MR) is 145 cm³/mol. The number of rotatable bonds is 8. The average molecular weight is 505 g/mol. The Balaban J connectivity index is 1.41. The largest absolute Gasteiger partial charge is 0.497 e. The number of nitrogens with zero attached hydrogens (tertiary/aromatic N) is 4. The van der Waals surface area contributed by atoms with Gasteiger partial charge in [0.1, 0.15) is 28.6 Å². The lowest BCUT2D eigenvalue weighted by Crippen LogP contribution is -2.08. The maximum atomic E-state index is 12.3. The Bertz CT molecular complexity index is 1540. The molecule has 0 fully saturated rings. The van der Waals surface area contributed by atoms with Crippen molar-refractivity contribution < 1.29 is 19.0 Å². The summed E-state index contributed by atoms with van der Waals surface area (Å²) in [7, 11) is 3.25. The van der Waals surface area contributed by atoms with Crippen molar-refractivity contribution in [1.29, 1.82) is 0 Å². The third-order valence-electron chi connectivity index (χ3n) is 5.80. The van der Waals surface area contributed by atoms with E-state index in [0.717, 1.165) is 33.9 Å². The molecular formula is C30H24N4O4. The summed E-state index contributed by atoms with van der Waals surface area (Å²) in [6.07, 6.45) is 1.67. The van der Waals surface area contributed by atoms with E-state index in [1.165, 1.54) is 4.79 Å². The Hall–Kier alpha value is -5.24. The van der Waals surface area contributed by atoms with E-state index in [1.807, 2.05) is 66.7 Å². The second kappa shape index (κ2) is 11.2. The lowest BCUT2D eigenvalue weighted by atomic mass is 10.0. The summed E-state index contributed by atoms with van der Waals surface area (Å²) in [5.74, 6) is 1.53. The molecule has 1 aromatic heterocycles. The lowest BCUT2D eigenvalue weighted by molar-refractivity contribution is 0.0734. The minimum atomic E-state index is -0.412. The Morgan fingerprint density at radius 1 is 0.737 bits per heavy atom. The minimum absolute atomic E-state index is 0.412. The van der Waals surface area contributed by atoms with Gasteiger partial charge in [-0.25, -0.2) is 4.79 Å². The highest BCUT2D eigenvalue weighted by molar-refractivity contribution is 5.91. The molecule has 0 amide bonds. The standard InChI is InChI=1S/C30H24N4O4/c1-36-25-16-10-22(11-17-25)28-29(23-12-18-26(37-2)19-13-23)34(33-32-28)31-20-21-8-14-27(15-9-21)38-30(35)24-6-4-3-5-7-24/h3-20H,1-2H3/b31-20+. The quantitative estimate of drug-likeness (QED) is 0.152. The second-order valence-corrected chi connectivity index (χ2v) is 8.20. The molecule has 38 heavy (non-hydrogen) atoms. The van der Waals surface area contributed by atoms with Gasteiger partial charge in [-0.15, -0.1) is 9.89 Å². The molecule has 0 unspecified atom stereocenters. The summed E-state index contributed by atoms with van der Waals surface area (Å²) in [4.78, 5) is 13.8. The maximum absolute atomic E-state index is 12.3. The Kier molecular flexibility index (Phi) is 7.22. The first-order chi connectivity index (χ1) is 18.6. The molecule has 8 nitrogen and oxygen atoms in total. The number of esters is 1. The molecule has 0 aliphatic carbocycles. The van der Waals surface area contributed by atoms with Gasteiger partial charge in [-0.05, 0) is 95.7 Å². The molecule has 8 heteroatoms. The van der Waals surface area contributed by atoms with Crippen LogP contribution in [0, 0.1) is 0 Å². The smallest absolute Gasteiger partial charge is 0.343 e. The van der Waals surface area contributed by atoms with Gasteiger partial charge in [-0.3, -0.25) is 0 Å². The first-order valence-corrected chi connectivity index (χ1v) is 11.8. The van der Waals surface area contributed by atoms with Crippen molar-refractivity contribution >= 4 is 12.2 Å². The van der Waals surface area contributed by atoms with E-state index in [9.17, 15) is 4.79 Å². The highest BCUT2D eigenvalue weighted by Gasteiger charge is 2.17. The van der Waals surface area contributed by atoms with Crippen LogP contribution in [0.5, 0.6) is 17.2 Å². The van der Waals surface area contributed by atoms with E-state index in [1.54, 1.807) is 56.8 Å². The van der Waals surface area contributed by atoms with E-state index in [0.29, 0.717) is 17.0 Å². The zero-order chi connectivity index (χ0) is 26.3. The molecule has 0 aliphatic heterocycles. The summed E-state index contributed by atoms with van der Waals surface area (Å²) in [5.41, 5.74) is 4.44. The Morgan fingerprint density at radius 3 is 1.92 bits per heavy atom. The molecule has 4 aromatic carbocycles. The summed E-state index contributed by atoms with van der Waals surface area (Å²) >= 11 is 0. The zero-order valence-corrected chi connectivity index (χ0v) is 20.8. The normalized spacial score (nSPS) is 10.9. The fraction of sp³-hybridized carbons (Fsp3) is 0.0667. The first kappa shape index (κ1) is 24.5. The van der Waals surface area contributed by atoms with Gasteiger partial charge in [0.25, 0.3) is 0 Å². The van der Waals surface area contributed by atoms with Crippen LogP contribution < -0.4 is 14.2 Å². The molecule has 5 aromatic rings. The average Bonchev–Trinajstić information content (AvgIpc) is 3.41. The van der Waals surface area contributed by atoms with Crippen LogP contribution in [0.25, 0.3) is 22.5 Å². The van der Waals surface area contributed by atoms with Gasteiger partial charge in [0.05, 0.1) is 26.0 Å². The molecule has 188 valence electrons. The molecule has 0 spiro atoms. The number of benzene rings is 4. The molecule has 1 heterocycles. The summed E-state index contributed by atoms with van der Waals surface area (Å²) in [6, 6.07) is 31.2. The third-order valence-corrected chi connectivity index (χ3v) is 5.80. The zero-order valence-electron chi connectivity index (χ0n) is 20.8. The van der Waals surface area contributed by atoms with Gasteiger partial charge in [0.15, 0.2) is 0 Å². The van der Waals surface area contributed by atoms with Crippen molar-refractivity contribution in [3.63, 3.8) is 0 Å². The first-order valence-electron chi connectivity index (χ1n) is 11.8. The Morgan fingerprint density at radius 2 is 1.32 bits per heavy atom. The molecule has 0 saturated heterocycles. The van der Waals surface area contributed by atoms with E-state index >= 15 is 0 Å². The number of methoxy groups -OCH3 is 2. The van der Waals surface area contributed by atoms with E-state index in [4.69, 9.17) is 14.2 Å². The molecule has 0 N–H and O–H groups in total. The SMILES string of the molecule is COc1ccc(-c2nnn(/N=C/c3ccc(OC(=O)c4ccccc4)cc3)c2-c2ccc(OC)cc2)cc1. The van der Waals surface area contributed by atoms with Crippen LogP contribution in [0.1, 0.15) is 15.9 Å². The maximum Gasteiger partial charge on any atom is 0.343 e. The van der Waals surface area contributed by atoms with Crippen LogP contribution in [-0.2, 0) is 0 Å². The fourth-order valence-electron chi connectivity index (χ4n) is 3.78. The second-order valence-electron chi connectivity index (χ2n) is 8.20. The topological polar surface area (TPSA) is 87.8 Å². The molecule has 0 bridgehead atoms. The van der Waals surface area contributed by atoms with Crippen LogP contribution in [0.4, 0.5) is 0 Å². The molecule has 0 radical (unpaired) electrons. The predicted octanol–water partition coefficient (Wildman–Crippen LogP) is 5.73. The van der Waals surface area contributed by atoms with Gasteiger partial charge >= 0.3 is 5.97 Å². The molecular weight excluding hydrogens is 480 g/mol. The summed E-state index contributed by atoms with van der Waals surface area (Å²) in [6.45, 7) is 0. The van der Waals surface area contributed by atoms with Crippen LogP contribution in [0.15, 0.2) is 108 Å². The number of hydrogen-bond acceptors (Lipinski definition) is 7. The summed E-state index contributed by atoms with van der Waals surface area (Å²) in [5, 5.41) is 13.3. The van der Waals surface area contributed by atoms with Gasteiger partial charge in [0, 0.05) is 11.1 Å². The van der Waals surface area contributed by atoms with E-state index in [-0.39, 0.29) is 0 Å². The van der Waals surface area contributed by atoms with E-state index < -0.39 is 5.97 Å². The van der Waals surface area contributed by atoms with E-state index in [2.05, 4.69) is 15.4 Å². The fourth-order valence-corrected chi connectivity index (χ4v) is 3.78. The van der Waals surface area contributed by atoms with Gasteiger partial charge < -0.3 is 14.2 Å². The molecule has 0 aliphatic rings. The van der Waals surface area contributed by atoms with Crippen LogP contribution in [-0.4, -0.2) is 41.5 Å². The lowest BCUT2D eigenvalue weighted by Gasteiger charge is -2.07. The van der Waals surface area contributed by atoms with Crippen LogP contribution in [0.3, 0.4) is 0 Å². The monoisotopic (exact) mass is 504 g/mol. The van der Waals surface area contributed by atoms with Gasteiger partial charge in [-0.2, -0.15) is 5.10 Å². The van der Waals surface area contributed by atoms with Crippen molar-refractivity contribution in [1.82, 2.24) is 15.1 Å². The third kappa shape index (κ3) is 5.44. The Labute approximate surface area is 219 Å². The van der Waals surface area contributed by atoms with Crippen molar-refractivity contribution in [2.75, 3.05) is 14.2 Å².